The number of hydrogen-bond acceptors (Lipinski definition) is 5. The van der Waals surface area contributed by atoms with Gasteiger partial charge in [-0.3, -0.25) is 4.79 Å². The van der Waals surface area contributed by atoms with Crippen LogP contribution in [0.25, 0.3) is 11.4 Å². The Kier molecular flexibility index (Phi) is 7.98. The number of amides is 1. The van der Waals surface area contributed by atoms with Crippen molar-refractivity contribution in [1.29, 1.82) is 0 Å². The molecule has 0 saturated carbocycles. The molecule has 1 amide bonds. The number of rotatable bonds is 9. The van der Waals surface area contributed by atoms with Crippen molar-refractivity contribution in [2.45, 2.75) is 45.3 Å². The molecule has 0 atom stereocenters. The number of halogens is 1. The van der Waals surface area contributed by atoms with Crippen LogP contribution in [0.1, 0.15) is 30.9 Å². The Morgan fingerprint density at radius 3 is 2.58 bits per heavy atom. The monoisotopic (exact) mass is 458 g/mol. The van der Waals surface area contributed by atoms with Gasteiger partial charge in [-0.1, -0.05) is 42.8 Å². The second-order valence-electron chi connectivity index (χ2n) is 7.32. The van der Waals surface area contributed by atoms with Crippen LogP contribution in [0.5, 0.6) is 5.75 Å². The third-order valence-electron chi connectivity index (χ3n) is 4.83. The minimum Gasteiger partial charge on any atom is -0.497 e. The summed E-state index contributed by atoms with van der Waals surface area (Å²) in [7, 11) is 1.64. The van der Waals surface area contributed by atoms with Gasteiger partial charge in [0, 0.05) is 12.1 Å². The van der Waals surface area contributed by atoms with Crippen molar-refractivity contribution in [3.63, 3.8) is 0 Å². The number of unbranched alkanes of at least 4 members (excludes halogenated alkanes) is 1. The third-order valence-corrected chi connectivity index (χ3v) is 6.09. The van der Waals surface area contributed by atoms with Crippen LogP contribution in [0.2, 0.25) is 5.02 Å². The van der Waals surface area contributed by atoms with E-state index in [4.69, 9.17) is 16.3 Å². The maximum atomic E-state index is 12.6. The number of nitrogens with one attached hydrogen (secondary N) is 1. The molecular formula is C23H27ClN4O2S. The summed E-state index contributed by atoms with van der Waals surface area (Å²) in [5.74, 6) is 1.67. The third kappa shape index (κ3) is 5.80. The number of methoxy groups -OCH3 is 1. The average molecular weight is 459 g/mol. The number of aromatic nitrogens is 3. The number of benzene rings is 2. The predicted octanol–water partition coefficient (Wildman–Crippen LogP) is 5.75. The molecule has 0 unspecified atom stereocenters. The highest BCUT2D eigenvalue weighted by Gasteiger charge is 2.16. The standard InChI is InChI=1S/C23H27ClN4O2S/c1-5-6-11-28-22(17-7-9-18(30-4)10-8-17)26-27-23(28)31-14-20(29)25-21-16(3)12-15(2)13-19(21)24/h7-10,12-13H,5-6,11,14H2,1-4H3,(H,25,29). The molecule has 0 spiro atoms. The summed E-state index contributed by atoms with van der Waals surface area (Å²) in [5, 5.41) is 12.9. The largest absolute Gasteiger partial charge is 0.497 e. The summed E-state index contributed by atoms with van der Waals surface area (Å²) in [6.07, 6.45) is 2.05. The smallest absolute Gasteiger partial charge is 0.234 e. The Labute approximate surface area is 192 Å². The molecule has 0 bridgehead atoms. The molecule has 164 valence electrons. The number of nitrogens with zero attached hydrogens (tertiary/aromatic N) is 3. The molecule has 1 aromatic heterocycles. The number of ether oxygens (including phenoxy) is 1. The molecule has 1 N–H and O–H groups in total. The molecular weight excluding hydrogens is 432 g/mol. The molecule has 8 heteroatoms. The van der Waals surface area contributed by atoms with E-state index in [0.29, 0.717) is 10.7 Å². The first-order chi connectivity index (χ1) is 14.9. The fraction of sp³-hybridized carbons (Fsp3) is 0.348. The highest BCUT2D eigenvalue weighted by molar-refractivity contribution is 7.99. The van der Waals surface area contributed by atoms with Gasteiger partial charge in [-0.2, -0.15) is 0 Å². The first-order valence-electron chi connectivity index (χ1n) is 10.2. The zero-order chi connectivity index (χ0) is 22.4. The number of hydrogen-bond donors (Lipinski definition) is 1. The van der Waals surface area contributed by atoms with Crippen LogP contribution in [0.3, 0.4) is 0 Å². The van der Waals surface area contributed by atoms with Crippen molar-refractivity contribution in [1.82, 2.24) is 14.8 Å². The summed E-state index contributed by atoms with van der Waals surface area (Å²) in [4.78, 5) is 12.6. The lowest BCUT2D eigenvalue weighted by molar-refractivity contribution is -0.113. The lowest BCUT2D eigenvalue weighted by Gasteiger charge is -2.12. The molecule has 31 heavy (non-hydrogen) atoms. The quantitative estimate of drug-likeness (QED) is 0.413. The molecule has 0 aliphatic rings. The molecule has 0 radical (unpaired) electrons. The van der Waals surface area contributed by atoms with Gasteiger partial charge in [-0.15, -0.1) is 10.2 Å². The van der Waals surface area contributed by atoms with Crippen LogP contribution in [0, 0.1) is 13.8 Å². The highest BCUT2D eigenvalue weighted by Crippen LogP contribution is 2.29. The van der Waals surface area contributed by atoms with E-state index >= 15 is 0 Å². The lowest BCUT2D eigenvalue weighted by Crippen LogP contribution is -2.16. The van der Waals surface area contributed by atoms with Crippen molar-refractivity contribution in [3.8, 4) is 17.1 Å². The Morgan fingerprint density at radius 1 is 1.19 bits per heavy atom. The fourth-order valence-corrected chi connectivity index (χ4v) is 4.38. The van der Waals surface area contributed by atoms with Gasteiger partial charge in [0.1, 0.15) is 5.75 Å². The fourth-order valence-electron chi connectivity index (χ4n) is 3.25. The molecule has 2 aromatic carbocycles. The SMILES string of the molecule is CCCCn1c(SCC(=O)Nc2c(C)cc(C)cc2Cl)nnc1-c1ccc(OC)cc1. The van der Waals surface area contributed by atoms with Crippen molar-refractivity contribution in [2.24, 2.45) is 0 Å². The Bertz CT molecular complexity index is 1030. The summed E-state index contributed by atoms with van der Waals surface area (Å²) >= 11 is 7.69. The number of aryl methyl sites for hydroxylation is 2. The van der Waals surface area contributed by atoms with Gasteiger partial charge in [0.05, 0.1) is 23.6 Å². The van der Waals surface area contributed by atoms with E-state index in [2.05, 4.69) is 27.0 Å². The van der Waals surface area contributed by atoms with Gasteiger partial charge in [0.2, 0.25) is 5.91 Å². The molecule has 3 rings (SSSR count). The van der Waals surface area contributed by atoms with Gasteiger partial charge < -0.3 is 14.6 Å². The summed E-state index contributed by atoms with van der Waals surface area (Å²) in [5.41, 5.74) is 3.62. The lowest BCUT2D eigenvalue weighted by atomic mass is 10.1. The first-order valence-corrected chi connectivity index (χ1v) is 11.6. The van der Waals surface area contributed by atoms with Crippen LogP contribution in [-0.4, -0.2) is 33.5 Å². The van der Waals surface area contributed by atoms with Crippen molar-refractivity contribution < 1.29 is 9.53 Å². The molecule has 0 aliphatic heterocycles. The van der Waals surface area contributed by atoms with Crippen molar-refractivity contribution in [3.05, 3.63) is 52.5 Å². The van der Waals surface area contributed by atoms with Gasteiger partial charge in [-0.05, 0) is 61.7 Å². The minimum absolute atomic E-state index is 0.130. The maximum Gasteiger partial charge on any atom is 0.234 e. The summed E-state index contributed by atoms with van der Waals surface area (Å²) in [6, 6.07) is 11.6. The van der Waals surface area contributed by atoms with E-state index < -0.39 is 0 Å². The normalized spacial score (nSPS) is 10.9. The summed E-state index contributed by atoms with van der Waals surface area (Å²) < 4.78 is 7.32. The molecule has 0 saturated heterocycles. The number of carbonyl (C=O) groups is 1. The molecule has 3 aromatic rings. The number of anilines is 1. The van der Waals surface area contributed by atoms with E-state index in [0.717, 1.165) is 52.8 Å². The first kappa shape index (κ1) is 23.2. The van der Waals surface area contributed by atoms with Crippen LogP contribution < -0.4 is 10.1 Å². The average Bonchev–Trinajstić information content (AvgIpc) is 3.16. The summed E-state index contributed by atoms with van der Waals surface area (Å²) in [6.45, 7) is 6.84. The zero-order valence-electron chi connectivity index (χ0n) is 18.2. The van der Waals surface area contributed by atoms with Crippen LogP contribution in [0.4, 0.5) is 5.69 Å². The second kappa shape index (κ2) is 10.7. The molecule has 0 fully saturated rings. The van der Waals surface area contributed by atoms with Crippen LogP contribution >= 0.6 is 23.4 Å². The van der Waals surface area contributed by atoms with Gasteiger partial charge in [0.15, 0.2) is 11.0 Å². The van der Waals surface area contributed by atoms with E-state index in [-0.39, 0.29) is 11.7 Å². The Morgan fingerprint density at radius 2 is 1.94 bits per heavy atom. The second-order valence-corrected chi connectivity index (χ2v) is 8.67. The Balaban J connectivity index is 1.75. The zero-order valence-corrected chi connectivity index (χ0v) is 19.8. The topological polar surface area (TPSA) is 69.0 Å². The maximum absolute atomic E-state index is 12.6. The van der Waals surface area contributed by atoms with Gasteiger partial charge >= 0.3 is 0 Å². The van der Waals surface area contributed by atoms with Crippen molar-refractivity contribution >= 4 is 35.0 Å². The van der Waals surface area contributed by atoms with E-state index in [1.54, 1.807) is 7.11 Å². The van der Waals surface area contributed by atoms with Crippen LogP contribution in [-0.2, 0) is 11.3 Å². The molecule has 6 nitrogen and oxygen atoms in total. The van der Waals surface area contributed by atoms with E-state index in [1.165, 1.54) is 11.8 Å². The molecule has 1 heterocycles. The van der Waals surface area contributed by atoms with Crippen molar-refractivity contribution in [2.75, 3.05) is 18.2 Å². The van der Waals surface area contributed by atoms with Gasteiger partial charge in [0.25, 0.3) is 0 Å². The minimum atomic E-state index is -0.130. The number of thioether (sulfide) groups is 1. The van der Waals surface area contributed by atoms with Gasteiger partial charge in [-0.25, -0.2) is 0 Å². The molecule has 0 aliphatic carbocycles. The predicted molar refractivity (Wildman–Crippen MR) is 127 cm³/mol. The highest BCUT2D eigenvalue weighted by atomic mass is 35.5. The van der Waals surface area contributed by atoms with Crippen LogP contribution in [0.15, 0.2) is 41.6 Å². The number of carbonyl (C=O) groups excluding carboxylic acids is 1. The van der Waals surface area contributed by atoms with E-state index in [9.17, 15) is 4.79 Å². The Hall–Kier alpha value is -2.51. The van der Waals surface area contributed by atoms with E-state index in [1.807, 2.05) is 50.2 Å².